The van der Waals surface area contributed by atoms with Crippen molar-refractivity contribution in [1.82, 2.24) is 0 Å². The minimum Gasteiger partial charge on any atom is -0.388 e. The molecule has 1 aliphatic rings. The predicted octanol–water partition coefficient (Wildman–Crippen LogP) is 1.07. The highest BCUT2D eigenvalue weighted by atomic mass is 16.5. The highest BCUT2D eigenvalue weighted by molar-refractivity contribution is 4.88. The average molecular weight is 246 g/mol. The lowest BCUT2D eigenvalue weighted by Crippen LogP contribution is -2.54. The first-order valence-electron chi connectivity index (χ1n) is 6.73. The molecule has 0 spiro atoms. The zero-order chi connectivity index (χ0) is 12.8. The molecule has 1 aliphatic heterocycles. The third kappa shape index (κ3) is 4.21. The molecule has 4 nitrogen and oxygen atoms in total. The van der Waals surface area contributed by atoms with Crippen LogP contribution in [-0.2, 0) is 4.74 Å². The summed E-state index contributed by atoms with van der Waals surface area (Å²) in [6, 6.07) is 0. The molecule has 1 fully saturated rings. The first-order valence-corrected chi connectivity index (χ1v) is 6.73. The lowest BCUT2D eigenvalue weighted by molar-refractivity contribution is -0.199. The van der Waals surface area contributed by atoms with Crippen molar-refractivity contribution in [3.63, 3.8) is 0 Å². The summed E-state index contributed by atoms with van der Waals surface area (Å²) in [6.07, 6.45) is 2.40. The van der Waals surface area contributed by atoms with Crippen LogP contribution in [0, 0.1) is 5.92 Å². The van der Waals surface area contributed by atoms with Gasteiger partial charge in [0.25, 0.3) is 0 Å². The van der Waals surface area contributed by atoms with E-state index in [1.165, 1.54) is 19.3 Å². The lowest BCUT2D eigenvalue weighted by Gasteiger charge is -2.38. The maximum atomic E-state index is 9.85. The smallest absolute Gasteiger partial charge is 0.111 e. The molecular formula is C13H26O4. The first kappa shape index (κ1) is 14.9. The Morgan fingerprint density at radius 2 is 1.82 bits per heavy atom. The second-order valence-electron chi connectivity index (χ2n) is 5.17. The Kier molecular flexibility index (Phi) is 6.41. The van der Waals surface area contributed by atoms with Gasteiger partial charge in [-0.2, -0.15) is 0 Å². The van der Waals surface area contributed by atoms with Crippen molar-refractivity contribution in [1.29, 1.82) is 0 Å². The van der Waals surface area contributed by atoms with E-state index in [1.807, 2.05) is 6.92 Å². The van der Waals surface area contributed by atoms with E-state index in [9.17, 15) is 15.3 Å². The molecule has 0 bridgehead atoms. The molecule has 0 radical (unpaired) electrons. The van der Waals surface area contributed by atoms with Gasteiger partial charge in [-0.15, -0.1) is 0 Å². The molecule has 2 unspecified atom stereocenters. The number of rotatable bonds is 6. The minimum absolute atomic E-state index is 0.113. The Balaban J connectivity index is 2.33. The standard InChI is InChI=1S/C13H26O4/c1-3-4-5-6-7-9(2)13-12(16)11(15)10(14)8-17-13/h9-16H,3-8H2,1-2H3/t9?,10-,11+,12-,13?/m1/s1. The third-order valence-electron chi connectivity index (χ3n) is 3.61. The monoisotopic (exact) mass is 246 g/mol. The van der Waals surface area contributed by atoms with Gasteiger partial charge in [0.05, 0.1) is 12.7 Å². The van der Waals surface area contributed by atoms with Crippen LogP contribution in [0.5, 0.6) is 0 Å². The van der Waals surface area contributed by atoms with E-state index < -0.39 is 18.3 Å². The molecule has 102 valence electrons. The van der Waals surface area contributed by atoms with E-state index in [0.29, 0.717) is 0 Å². The zero-order valence-corrected chi connectivity index (χ0v) is 10.9. The van der Waals surface area contributed by atoms with Crippen LogP contribution in [0.2, 0.25) is 0 Å². The summed E-state index contributed by atoms with van der Waals surface area (Å²) in [7, 11) is 0. The quantitative estimate of drug-likeness (QED) is 0.613. The van der Waals surface area contributed by atoms with Crippen LogP contribution in [0.1, 0.15) is 46.0 Å². The van der Waals surface area contributed by atoms with Gasteiger partial charge in [-0.1, -0.05) is 39.5 Å². The normalized spacial score (nSPS) is 35.8. The van der Waals surface area contributed by atoms with Crippen molar-refractivity contribution in [2.24, 2.45) is 5.92 Å². The Bertz CT molecular complexity index is 210. The van der Waals surface area contributed by atoms with Gasteiger partial charge < -0.3 is 20.1 Å². The maximum absolute atomic E-state index is 9.85. The van der Waals surface area contributed by atoms with Crippen LogP contribution in [-0.4, -0.2) is 46.3 Å². The zero-order valence-electron chi connectivity index (χ0n) is 10.9. The summed E-state index contributed by atoms with van der Waals surface area (Å²) in [5.74, 6) is 0.212. The number of hydrogen-bond acceptors (Lipinski definition) is 4. The van der Waals surface area contributed by atoms with Gasteiger partial charge in [-0.3, -0.25) is 0 Å². The van der Waals surface area contributed by atoms with E-state index in [-0.39, 0.29) is 18.6 Å². The number of hydrogen-bond donors (Lipinski definition) is 3. The Morgan fingerprint density at radius 3 is 2.47 bits per heavy atom. The molecule has 3 N–H and O–H groups in total. The number of unbranched alkanes of at least 4 members (excludes halogenated alkanes) is 3. The second-order valence-corrected chi connectivity index (χ2v) is 5.17. The van der Waals surface area contributed by atoms with Crippen molar-refractivity contribution >= 4 is 0 Å². The molecule has 0 amide bonds. The van der Waals surface area contributed by atoms with Crippen molar-refractivity contribution in [2.75, 3.05) is 6.61 Å². The summed E-state index contributed by atoms with van der Waals surface area (Å²) in [6.45, 7) is 4.32. The number of aliphatic hydroxyl groups excluding tert-OH is 3. The molecular weight excluding hydrogens is 220 g/mol. The van der Waals surface area contributed by atoms with Crippen LogP contribution in [0.3, 0.4) is 0 Å². The first-order chi connectivity index (χ1) is 8.07. The van der Waals surface area contributed by atoms with Gasteiger partial charge in [-0.05, 0) is 12.3 Å². The molecule has 17 heavy (non-hydrogen) atoms. The fourth-order valence-electron chi connectivity index (χ4n) is 2.39. The largest absolute Gasteiger partial charge is 0.388 e. The van der Waals surface area contributed by atoms with Crippen LogP contribution in [0.15, 0.2) is 0 Å². The molecule has 1 rings (SSSR count). The number of aliphatic hydroxyl groups is 3. The van der Waals surface area contributed by atoms with Crippen molar-refractivity contribution in [3.05, 3.63) is 0 Å². The van der Waals surface area contributed by atoms with Crippen LogP contribution >= 0.6 is 0 Å². The summed E-state index contributed by atoms with van der Waals surface area (Å²) >= 11 is 0. The third-order valence-corrected chi connectivity index (χ3v) is 3.61. The van der Waals surface area contributed by atoms with Gasteiger partial charge in [0.1, 0.15) is 18.3 Å². The summed E-state index contributed by atoms with van der Waals surface area (Å²) in [5, 5.41) is 28.8. The van der Waals surface area contributed by atoms with Crippen molar-refractivity contribution < 1.29 is 20.1 Å². The van der Waals surface area contributed by atoms with Gasteiger partial charge in [0.2, 0.25) is 0 Å². The fraction of sp³-hybridized carbons (Fsp3) is 1.00. The van der Waals surface area contributed by atoms with Gasteiger partial charge in [-0.25, -0.2) is 0 Å². The van der Waals surface area contributed by atoms with E-state index in [0.717, 1.165) is 12.8 Å². The minimum atomic E-state index is -1.08. The molecule has 0 aliphatic carbocycles. The molecule has 0 aromatic rings. The molecule has 0 aromatic carbocycles. The van der Waals surface area contributed by atoms with Crippen molar-refractivity contribution in [3.8, 4) is 0 Å². The fourth-order valence-corrected chi connectivity index (χ4v) is 2.39. The molecule has 0 saturated carbocycles. The van der Waals surface area contributed by atoms with Gasteiger partial charge in [0, 0.05) is 0 Å². The van der Waals surface area contributed by atoms with E-state index in [4.69, 9.17) is 4.74 Å². The maximum Gasteiger partial charge on any atom is 0.111 e. The molecule has 5 atom stereocenters. The molecule has 1 saturated heterocycles. The van der Waals surface area contributed by atoms with Crippen LogP contribution in [0.25, 0.3) is 0 Å². The molecule has 4 heteroatoms. The molecule has 1 heterocycles. The summed E-state index contributed by atoms with van der Waals surface area (Å²) < 4.78 is 5.43. The SMILES string of the molecule is CCCCCCC(C)C1OC[C@@H](O)[C@H](O)[C@H]1O. The number of ether oxygens (including phenoxy) is 1. The topological polar surface area (TPSA) is 69.9 Å². The Labute approximate surface area is 104 Å². The van der Waals surface area contributed by atoms with Crippen molar-refractivity contribution in [2.45, 2.75) is 70.4 Å². The summed E-state index contributed by atoms with van der Waals surface area (Å²) in [5.41, 5.74) is 0. The Hall–Kier alpha value is -0.160. The second kappa shape index (κ2) is 7.31. The van der Waals surface area contributed by atoms with E-state index >= 15 is 0 Å². The highest BCUT2D eigenvalue weighted by Gasteiger charge is 2.39. The van der Waals surface area contributed by atoms with Crippen LogP contribution < -0.4 is 0 Å². The predicted molar refractivity (Wildman–Crippen MR) is 65.7 cm³/mol. The van der Waals surface area contributed by atoms with Gasteiger partial charge in [0.15, 0.2) is 0 Å². The van der Waals surface area contributed by atoms with E-state index in [1.54, 1.807) is 0 Å². The van der Waals surface area contributed by atoms with Crippen LogP contribution in [0.4, 0.5) is 0 Å². The van der Waals surface area contributed by atoms with Gasteiger partial charge >= 0.3 is 0 Å². The Morgan fingerprint density at radius 1 is 1.12 bits per heavy atom. The molecule has 0 aromatic heterocycles. The summed E-state index contributed by atoms with van der Waals surface area (Å²) in [4.78, 5) is 0. The lowest BCUT2D eigenvalue weighted by atomic mass is 9.88. The highest BCUT2D eigenvalue weighted by Crippen LogP contribution is 2.25. The average Bonchev–Trinajstić information content (AvgIpc) is 2.31. The van der Waals surface area contributed by atoms with E-state index in [2.05, 4.69) is 6.92 Å².